The number of piperidine rings is 1. The summed E-state index contributed by atoms with van der Waals surface area (Å²) in [5, 5.41) is 41.6. The highest BCUT2D eigenvalue weighted by Crippen LogP contribution is 2.40. The van der Waals surface area contributed by atoms with Crippen LogP contribution in [0.15, 0.2) is 16.9 Å². The lowest BCUT2D eigenvalue weighted by atomic mass is 10.1. The van der Waals surface area contributed by atoms with Gasteiger partial charge in [0.25, 0.3) is 0 Å². The summed E-state index contributed by atoms with van der Waals surface area (Å²) >= 11 is 0. The van der Waals surface area contributed by atoms with Gasteiger partial charge >= 0.3 is 0 Å². The van der Waals surface area contributed by atoms with E-state index in [4.69, 9.17) is 19.2 Å². The molecule has 0 unspecified atom stereocenters. The highest BCUT2D eigenvalue weighted by molar-refractivity contribution is 5.84. The number of imidazole rings is 1. The van der Waals surface area contributed by atoms with Crippen molar-refractivity contribution in [1.82, 2.24) is 29.6 Å². The Labute approximate surface area is 221 Å². The van der Waals surface area contributed by atoms with Crippen molar-refractivity contribution in [3.8, 4) is 0 Å². The van der Waals surface area contributed by atoms with Gasteiger partial charge in [0.2, 0.25) is 5.95 Å². The lowest BCUT2D eigenvalue weighted by Gasteiger charge is -2.26. The number of rotatable bonds is 11. The molecule has 5 N–H and O–H groups in total. The van der Waals surface area contributed by atoms with E-state index in [1.54, 1.807) is 4.57 Å². The van der Waals surface area contributed by atoms with E-state index >= 15 is 0 Å². The second kappa shape index (κ2) is 11.9. The van der Waals surface area contributed by atoms with Crippen LogP contribution in [0.3, 0.4) is 0 Å². The summed E-state index contributed by atoms with van der Waals surface area (Å²) in [7, 11) is 0. The van der Waals surface area contributed by atoms with Crippen LogP contribution in [0.2, 0.25) is 0 Å². The number of nitrogens with zero attached hydrogens (tertiary/aromatic N) is 6. The maximum Gasteiger partial charge on any atom is 0.226 e. The molecule has 2 aliphatic heterocycles. The van der Waals surface area contributed by atoms with E-state index in [9.17, 15) is 15.3 Å². The minimum absolute atomic E-state index is 0.214. The van der Waals surface area contributed by atoms with Crippen LogP contribution in [0, 0.1) is 0 Å². The summed E-state index contributed by atoms with van der Waals surface area (Å²) in [5.74, 6) is 1.28. The van der Waals surface area contributed by atoms with Gasteiger partial charge in [0.15, 0.2) is 29.0 Å². The van der Waals surface area contributed by atoms with E-state index in [0.717, 1.165) is 32.5 Å². The van der Waals surface area contributed by atoms with E-state index in [2.05, 4.69) is 39.5 Å². The molecule has 38 heavy (non-hydrogen) atoms. The van der Waals surface area contributed by atoms with Gasteiger partial charge in [-0.1, -0.05) is 25.4 Å². The van der Waals surface area contributed by atoms with Crippen LogP contribution in [0.1, 0.15) is 69.7 Å². The van der Waals surface area contributed by atoms with Crippen molar-refractivity contribution in [2.45, 2.75) is 83.1 Å². The third-order valence-electron chi connectivity index (χ3n) is 7.44. The molecular weight excluding hydrogens is 492 g/mol. The second-order valence-electron chi connectivity index (χ2n) is 10.0. The molecule has 5 heterocycles. The Bertz CT molecular complexity index is 1190. The van der Waals surface area contributed by atoms with E-state index in [1.165, 1.54) is 31.7 Å². The van der Waals surface area contributed by atoms with Crippen molar-refractivity contribution in [2.24, 2.45) is 0 Å². The molecule has 2 aliphatic rings. The van der Waals surface area contributed by atoms with Crippen LogP contribution in [0.4, 0.5) is 11.8 Å². The molecule has 0 amide bonds. The Hall–Kier alpha value is -2.84. The molecule has 0 aromatic carbocycles. The number of aliphatic hydroxyl groups is 3. The highest BCUT2D eigenvalue weighted by Gasteiger charge is 2.47. The smallest absolute Gasteiger partial charge is 0.226 e. The Morgan fingerprint density at radius 2 is 1.89 bits per heavy atom. The Balaban J connectivity index is 1.42. The molecule has 0 aliphatic carbocycles. The first-order chi connectivity index (χ1) is 18.5. The number of hydrogen-bond acceptors (Lipinski definition) is 12. The number of hydrogen-bond donors (Lipinski definition) is 5. The fourth-order valence-electron chi connectivity index (χ4n) is 5.14. The monoisotopic (exact) mass is 530 g/mol. The molecular formula is C25H38N8O5. The number of anilines is 2. The minimum Gasteiger partial charge on any atom is -0.390 e. The molecule has 13 nitrogen and oxygen atoms in total. The van der Waals surface area contributed by atoms with Gasteiger partial charge in [0.05, 0.1) is 12.9 Å². The molecule has 0 spiro atoms. The van der Waals surface area contributed by atoms with Crippen molar-refractivity contribution in [3.05, 3.63) is 23.8 Å². The maximum absolute atomic E-state index is 10.9. The SMILES string of the molecule is CCC(CC)Nc1nc(NCCN2CCCCC2)nc2c1ncn2[C@@H]1O[C@H](c2cc(CO)no2)[C@@H](O)[C@H]1O. The predicted octanol–water partition coefficient (Wildman–Crippen LogP) is 1.80. The first-order valence-corrected chi connectivity index (χ1v) is 13.6. The molecule has 3 aromatic rings. The van der Waals surface area contributed by atoms with Crippen LogP contribution >= 0.6 is 0 Å². The summed E-state index contributed by atoms with van der Waals surface area (Å²) in [4.78, 5) is 16.5. The van der Waals surface area contributed by atoms with Crippen molar-refractivity contribution in [3.63, 3.8) is 0 Å². The number of fused-ring (bicyclic) bond motifs is 1. The van der Waals surface area contributed by atoms with Gasteiger partial charge in [-0.2, -0.15) is 9.97 Å². The van der Waals surface area contributed by atoms with E-state index in [-0.39, 0.29) is 18.4 Å². The fourth-order valence-corrected chi connectivity index (χ4v) is 5.14. The number of aliphatic hydroxyl groups excluding tert-OH is 3. The average molecular weight is 531 g/mol. The third-order valence-corrected chi connectivity index (χ3v) is 7.44. The topological polar surface area (TPSA) is 167 Å². The number of ether oxygens (including phenoxy) is 1. The Morgan fingerprint density at radius 1 is 1.11 bits per heavy atom. The van der Waals surface area contributed by atoms with E-state index < -0.39 is 24.5 Å². The second-order valence-corrected chi connectivity index (χ2v) is 10.0. The average Bonchev–Trinajstić information content (AvgIpc) is 3.66. The first-order valence-electron chi connectivity index (χ1n) is 13.6. The van der Waals surface area contributed by atoms with Crippen LogP contribution in [0.5, 0.6) is 0 Å². The molecule has 13 heteroatoms. The van der Waals surface area contributed by atoms with Gasteiger partial charge in [-0.25, -0.2) is 4.98 Å². The summed E-state index contributed by atoms with van der Waals surface area (Å²) in [5.41, 5.74) is 1.33. The molecule has 0 bridgehead atoms. The van der Waals surface area contributed by atoms with Crippen LogP contribution < -0.4 is 10.6 Å². The van der Waals surface area contributed by atoms with Gasteiger partial charge in [0, 0.05) is 25.2 Å². The quantitative estimate of drug-likeness (QED) is 0.244. The molecule has 2 fully saturated rings. The van der Waals surface area contributed by atoms with E-state index in [0.29, 0.717) is 35.2 Å². The normalized spacial score (nSPS) is 24.5. The summed E-state index contributed by atoms with van der Waals surface area (Å²) in [6, 6.07) is 1.71. The summed E-state index contributed by atoms with van der Waals surface area (Å²) in [6.07, 6.45) is 2.65. The predicted molar refractivity (Wildman–Crippen MR) is 139 cm³/mol. The van der Waals surface area contributed by atoms with E-state index in [1.807, 2.05) is 0 Å². The molecule has 5 rings (SSSR count). The first kappa shape index (κ1) is 26.8. The maximum atomic E-state index is 10.9. The lowest BCUT2D eigenvalue weighted by Crippen LogP contribution is -2.34. The molecule has 0 radical (unpaired) electrons. The van der Waals surface area contributed by atoms with Crippen molar-refractivity contribution >= 4 is 22.9 Å². The fraction of sp³-hybridized carbons (Fsp3) is 0.680. The number of nitrogens with one attached hydrogen (secondary N) is 2. The molecule has 0 saturated carbocycles. The largest absolute Gasteiger partial charge is 0.390 e. The third kappa shape index (κ3) is 5.47. The van der Waals surface area contributed by atoms with Gasteiger partial charge in [0.1, 0.15) is 24.0 Å². The van der Waals surface area contributed by atoms with Gasteiger partial charge in [-0.05, 0) is 38.8 Å². The Morgan fingerprint density at radius 3 is 2.61 bits per heavy atom. The Kier molecular flexibility index (Phi) is 8.39. The minimum atomic E-state index is -1.28. The standard InChI is InChI=1S/C25H38N8O5/c1-3-15(4-2)28-22-18-23(30-25(29-22)26-8-11-32-9-6-5-7-10-32)33(14-27-18)24-20(36)19(35)21(37-24)17-12-16(13-34)31-38-17/h12,14-15,19-21,24,34-36H,3-11,13H2,1-2H3,(H2,26,28,29,30)/t19-,20+,21+,24+/m0/s1. The molecule has 2 saturated heterocycles. The zero-order valence-electron chi connectivity index (χ0n) is 22.0. The van der Waals surface area contributed by atoms with Crippen LogP contribution in [-0.2, 0) is 11.3 Å². The summed E-state index contributed by atoms with van der Waals surface area (Å²) in [6.45, 7) is 7.76. The zero-order valence-corrected chi connectivity index (χ0v) is 22.0. The number of aromatic nitrogens is 5. The van der Waals surface area contributed by atoms with Crippen molar-refractivity contribution in [2.75, 3.05) is 36.8 Å². The number of likely N-dealkylation sites (tertiary alicyclic amines) is 1. The highest BCUT2D eigenvalue weighted by atomic mass is 16.6. The molecule has 3 aromatic heterocycles. The van der Waals surface area contributed by atoms with Crippen LogP contribution in [-0.4, -0.2) is 89.3 Å². The van der Waals surface area contributed by atoms with Gasteiger partial charge in [-0.15, -0.1) is 0 Å². The van der Waals surface area contributed by atoms with Crippen molar-refractivity contribution in [1.29, 1.82) is 0 Å². The molecule has 208 valence electrons. The van der Waals surface area contributed by atoms with Crippen LogP contribution in [0.25, 0.3) is 11.2 Å². The van der Waals surface area contributed by atoms with Gasteiger partial charge in [-0.3, -0.25) is 4.57 Å². The van der Waals surface area contributed by atoms with Gasteiger partial charge < -0.3 is 40.1 Å². The van der Waals surface area contributed by atoms with Crippen molar-refractivity contribution < 1.29 is 24.6 Å². The molecule has 4 atom stereocenters. The zero-order chi connectivity index (χ0) is 26.6. The lowest BCUT2D eigenvalue weighted by molar-refractivity contribution is -0.0434. The summed E-state index contributed by atoms with van der Waals surface area (Å²) < 4.78 is 12.9.